The Morgan fingerprint density at radius 1 is 0.348 bits per heavy atom. The number of rotatable bonds is 49. The molecule has 0 aromatic carbocycles. The van der Waals surface area contributed by atoms with E-state index in [0.717, 1.165) is 122 Å². The summed E-state index contributed by atoms with van der Waals surface area (Å²) in [7, 11) is 0. The second-order valence-electron chi connectivity index (χ2n) is 17.7. The second-order valence-corrected chi connectivity index (χ2v) is 17.7. The maximum Gasteiger partial charge on any atom is 0.306 e. The number of hydrogen-bond acceptors (Lipinski definition) is 5. The van der Waals surface area contributed by atoms with Gasteiger partial charge in [-0.3, -0.25) is 9.59 Å². The van der Waals surface area contributed by atoms with E-state index >= 15 is 0 Å². The van der Waals surface area contributed by atoms with Gasteiger partial charge in [-0.25, -0.2) is 0 Å². The number of carbonyl (C=O) groups is 2. The Morgan fingerprint density at radius 2 is 0.682 bits per heavy atom. The normalized spacial score (nSPS) is 13.1. The number of esters is 2. The molecule has 0 rings (SSSR count). The van der Waals surface area contributed by atoms with Crippen LogP contribution in [0.4, 0.5) is 0 Å². The Hall–Kier alpha value is -3.44. The highest BCUT2D eigenvalue weighted by atomic mass is 16.6. The molecule has 376 valence electrons. The van der Waals surface area contributed by atoms with Crippen molar-refractivity contribution in [2.45, 2.75) is 245 Å². The molecule has 66 heavy (non-hydrogen) atoms. The van der Waals surface area contributed by atoms with E-state index in [1.54, 1.807) is 0 Å². The minimum absolute atomic E-state index is 0.0536. The average Bonchev–Trinajstić information content (AvgIpc) is 3.32. The zero-order valence-electron chi connectivity index (χ0n) is 43.2. The molecule has 0 saturated carbocycles. The largest absolute Gasteiger partial charge is 0.462 e. The van der Waals surface area contributed by atoms with Crippen LogP contribution in [0.3, 0.4) is 0 Å². The summed E-state index contributed by atoms with van der Waals surface area (Å²) in [4.78, 5) is 25.5. The van der Waals surface area contributed by atoms with Gasteiger partial charge in [-0.05, 0) is 128 Å². The van der Waals surface area contributed by atoms with Crippen LogP contribution in [-0.4, -0.2) is 37.9 Å². The van der Waals surface area contributed by atoms with Gasteiger partial charge in [0.15, 0.2) is 6.10 Å². The van der Waals surface area contributed by atoms with Crippen LogP contribution in [0.2, 0.25) is 0 Å². The molecule has 0 aliphatic rings. The highest BCUT2D eigenvalue weighted by Crippen LogP contribution is 2.13. The van der Waals surface area contributed by atoms with Crippen LogP contribution in [-0.2, 0) is 23.8 Å². The summed E-state index contributed by atoms with van der Waals surface area (Å²) < 4.78 is 17.4. The van der Waals surface area contributed by atoms with Gasteiger partial charge in [0.25, 0.3) is 0 Å². The van der Waals surface area contributed by atoms with Crippen molar-refractivity contribution >= 4 is 11.9 Å². The first-order valence-corrected chi connectivity index (χ1v) is 27.4. The fourth-order valence-corrected chi connectivity index (χ4v) is 7.18. The van der Waals surface area contributed by atoms with Crippen molar-refractivity contribution in [1.82, 2.24) is 0 Å². The van der Waals surface area contributed by atoms with Crippen LogP contribution in [0.25, 0.3) is 0 Å². The van der Waals surface area contributed by atoms with Gasteiger partial charge in [0.2, 0.25) is 0 Å². The average molecular weight is 915 g/mol. The summed E-state index contributed by atoms with van der Waals surface area (Å²) in [6.07, 6.45) is 76.7. The predicted octanol–water partition coefficient (Wildman–Crippen LogP) is 18.8. The molecule has 0 fully saturated rings. The first-order valence-electron chi connectivity index (χ1n) is 27.4. The topological polar surface area (TPSA) is 61.8 Å². The molecular weight excluding hydrogens is 813 g/mol. The Labute approximate surface area is 408 Å². The highest BCUT2D eigenvalue weighted by Gasteiger charge is 2.17. The number of hydrogen-bond donors (Lipinski definition) is 0. The summed E-state index contributed by atoms with van der Waals surface area (Å²) in [5, 5.41) is 0. The van der Waals surface area contributed by atoms with Gasteiger partial charge in [-0.1, -0.05) is 207 Å². The SMILES string of the molecule is CC/C=C\C/C=C\C/C=C\C/C=C\CCCCCOCC(COC(=O)CCCCCCCC/C=C\C/C=C\C/C=C\CCCCC)OC(=O)CCCCCCC/C=C\C/C=C\CCCCC. The zero-order chi connectivity index (χ0) is 47.7. The lowest BCUT2D eigenvalue weighted by molar-refractivity contribution is -0.163. The molecule has 0 bridgehead atoms. The molecule has 0 radical (unpaired) electrons. The second kappa shape index (κ2) is 55.9. The van der Waals surface area contributed by atoms with Gasteiger partial charge >= 0.3 is 11.9 Å². The van der Waals surface area contributed by atoms with E-state index in [1.807, 2.05) is 0 Å². The first-order chi connectivity index (χ1) is 32.6. The smallest absolute Gasteiger partial charge is 0.306 e. The Morgan fingerprint density at radius 3 is 1.09 bits per heavy atom. The minimum Gasteiger partial charge on any atom is -0.462 e. The lowest BCUT2D eigenvalue weighted by Crippen LogP contribution is -2.30. The predicted molar refractivity (Wildman–Crippen MR) is 288 cm³/mol. The molecule has 5 heteroatoms. The Bertz CT molecular complexity index is 1310. The number of unbranched alkanes of at least 4 members (excludes halogenated alkanes) is 20. The van der Waals surface area contributed by atoms with Gasteiger partial charge in [-0.15, -0.1) is 0 Å². The molecule has 0 saturated heterocycles. The lowest BCUT2D eigenvalue weighted by atomic mass is 10.1. The van der Waals surface area contributed by atoms with Crippen molar-refractivity contribution in [1.29, 1.82) is 0 Å². The quantitative estimate of drug-likeness (QED) is 0.0346. The van der Waals surface area contributed by atoms with E-state index in [0.29, 0.717) is 19.4 Å². The summed E-state index contributed by atoms with van der Waals surface area (Å²) in [6.45, 7) is 7.56. The molecule has 0 aromatic rings. The Kier molecular flexibility index (Phi) is 53.0. The fraction of sp³-hybridized carbons (Fsp3) is 0.672. The number of ether oxygens (including phenoxy) is 3. The van der Waals surface area contributed by atoms with Crippen LogP contribution in [0.15, 0.2) is 109 Å². The third-order valence-electron chi connectivity index (χ3n) is 11.3. The van der Waals surface area contributed by atoms with Gasteiger partial charge in [0.1, 0.15) is 6.61 Å². The molecule has 0 spiro atoms. The van der Waals surface area contributed by atoms with Crippen LogP contribution >= 0.6 is 0 Å². The summed E-state index contributed by atoms with van der Waals surface area (Å²) >= 11 is 0. The van der Waals surface area contributed by atoms with Crippen molar-refractivity contribution in [3.05, 3.63) is 109 Å². The molecule has 0 aliphatic carbocycles. The van der Waals surface area contributed by atoms with Crippen LogP contribution in [0.5, 0.6) is 0 Å². The highest BCUT2D eigenvalue weighted by molar-refractivity contribution is 5.70. The fourth-order valence-electron chi connectivity index (χ4n) is 7.18. The maximum atomic E-state index is 12.8. The van der Waals surface area contributed by atoms with Crippen molar-refractivity contribution in [3.63, 3.8) is 0 Å². The van der Waals surface area contributed by atoms with Crippen LogP contribution < -0.4 is 0 Å². The van der Waals surface area contributed by atoms with E-state index in [9.17, 15) is 9.59 Å². The molecule has 5 nitrogen and oxygen atoms in total. The van der Waals surface area contributed by atoms with E-state index in [4.69, 9.17) is 14.2 Å². The van der Waals surface area contributed by atoms with Crippen molar-refractivity contribution < 1.29 is 23.8 Å². The summed E-state index contributed by atoms with van der Waals surface area (Å²) in [6, 6.07) is 0. The van der Waals surface area contributed by atoms with Crippen LogP contribution in [0.1, 0.15) is 239 Å². The van der Waals surface area contributed by atoms with Gasteiger partial charge in [-0.2, -0.15) is 0 Å². The van der Waals surface area contributed by atoms with E-state index in [2.05, 4.69) is 130 Å². The van der Waals surface area contributed by atoms with Crippen molar-refractivity contribution in [2.75, 3.05) is 19.8 Å². The molecule has 1 atom stereocenters. The van der Waals surface area contributed by atoms with E-state index in [1.165, 1.54) is 83.5 Å². The van der Waals surface area contributed by atoms with Crippen molar-refractivity contribution in [3.8, 4) is 0 Å². The molecule has 1 unspecified atom stereocenters. The lowest BCUT2D eigenvalue weighted by Gasteiger charge is -2.18. The minimum atomic E-state index is -0.573. The molecule has 0 aromatic heterocycles. The number of carbonyl (C=O) groups excluding carboxylic acids is 2. The van der Waals surface area contributed by atoms with Gasteiger partial charge in [0.05, 0.1) is 6.61 Å². The monoisotopic (exact) mass is 915 g/mol. The van der Waals surface area contributed by atoms with Crippen LogP contribution in [0, 0.1) is 0 Å². The molecule has 0 N–H and O–H groups in total. The third-order valence-corrected chi connectivity index (χ3v) is 11.3. The molecule has 0 aliphatic heterocycles. The summed E-state index contributed by atoms with van der Waals surface area (Å²) in [5.41, 5.74) is 0. The molecule has 0 amide bonds. The maximum absolute atomic E-state index is 12.8. The summed E-state index contributed by atoms with van der Waals surface area (Å²) in [5.74, 6) is -0.449. The molecular formula is C61H102O5. The van der Waals surface area contributed by atoms with Crippen molar-refractivity contribution in [2.24, 2.45) is 0 Å². The first kappa shape index (κ1) is 62.6. The standard InChI is InChI=1S/C61H102O5/c1-4-7-10-13-16-19-22-25-28-30-31-32-34-36-39-42-45-48-51-54-60(62)65-58-59(57-64-56-53-50-47-44-41-38-35-29-26-23-20-17-14-11-8-5-2)66-61(63)55-52-49-46-43-40-37-33-27-24-21-18-15-12-9-6-3/h8,11,16-21,25-29,31-33,38,41,59H,4-7,9-10,12-15,22-24,30,34-37,39-40,42-58H2,1-3H3/b11-8-,19-16-,20-17-,21-18-,28-25-,29-26-,32-31-,33-27-,41-38-. The molecule has 0 heterocycles. The van der Waals surface area contributed by atoms with E-state index < -0.39 is 6.10 Å². The Balaban J connectivity index is 4.39. The van der Waals surface area contributed by atoms with E-state index in [-0.39, 0.29) is 25.2 Å². The van der Waals surface area contributed by atoms with Gasteiger partial charge in [0, 0.05) is 19.4 Å². The number of allylic oxidation sites excluding steroid dienone is 18. The zero-order valence-corrected chi connectivity index (χ0v) is 43.2. The third kappa shape index (κ3) is 53.2. The van der Waals surface area contributed by atoms with Gasteiger partial charge < -0.3 is 14.2 Å².